The topological polar surface area (TPSA) is 32.5 Å². The van der Waals surface area contributed by atoms with E-state index in [0.717, 1.165) is 37.6 Å². The van der Waals surface area contributed by atoms with Gasteiger partial charge in [-0.05, 0) is 44.0 Å². The van der Waals surface area contributed by atoms with Crippen LogP contribution in [0, 0.1) is 6.92 Å². The van der Waals surface area contributed by atoms with Crippen LogP contribution >= 0.6 is 11.6 Å². The minimum Gasteiger partial charge on any atom is -0.373 e. The number of hydrogen-bond donors (Lipinski definition) is 1. The SMILES string of the molecule is Cc1c(Cl)ccc2c1N(C)CCCN2CCCN. The van der Waals surface area contributed by atoms with Crippen LogP contribution in [0.5, 0.6) is 0 Å². The number of hydrogen-bond acceptors (Lipinski definition) is 3. The molecule has 2 N–H and O–H groups in total. The molecule has 1 aromatic rings. The molecule has 0 radical (unpaired) electrons. The predicted octanol–water partition coefficient (Wildman–Crippen LogP) is 2.64. The van der Waals surface area contributed by atoms with Crippen molar-refractivity contribution in [2.75, 3.05) is 43.0 Å². The minimum absolute atomic E-state index is 0.744. The summed E-state index contributed by atoms with van der Waals surface area (Å²) in [5, 5.41) is 0.848. The summed E-state index contributed by atoms with van der Waals surface area (Å²) >= 11 is 6.25. The van der Waals surface area contributed by atoms with E-state index in [1.165, 1.54) is 23.4 Å². The molecule has 0 bridgehead atoms. The molecule has 4 heteroatoms. The van der Waals surface area contributed by atoms with Crippen molar-refractivity contribution >= 4 is 23.0 Å². The summed E-state index contributed by atoms with van der Waals surface area (Å²) in [6.07, 6.45) is 2.21. The summed E-state index contributed by atoms with van der Waals surface area (Å²) in [5.74, 6) is 0. The normalized spacial score (nSPS) is 15.6. The molecule has 1 aliphatic rings. The van der Waals surface area contributed by atoms with Gasteiger partial charge in [0.15, 0.2) is 0 Å². The number of halogens is 1. The molecule has 0 aliphatic carbocycles. The Morgan fingerprint density at radius 2 is 2.11 bits per heavy atom. The number of anilines is 2. The van der Waals surface area contributed by atoms with Crippen molar-refractivity contribution in [2.24, 2.45) is 5.73 Å². The van der Waals surface area contributed by atoms with Crippen LogP contribution in [-0.4, -0.2) is 33.2 Å². The van der Waals surface area contributed by atoms with E-state index in [1.54, 1.807) is 0 Å². The van der Waals surface area contributed by atoms with E-state index in [0.29, 0.717) is 0 Å². The lowest BCUT2D eigenvalue weighted by molar-refractivity contribution is 0.710. The maximum Gasteiger partial charge on any atom is 0.0646 e. The molecule has 0 unspecified atom stereocenters. The quantitative estimate of drug-likeness (QED) is 0.914. The monoisotopic (exact) mass is 267 g/mol. The van der Waals surface area contributed by atoms with Gasteiger partial charge in [0.1, 0.15) is 0 Å². The zero-order chi connectivity index (χ0) is 13.1. The first-order valence-electron chi connectivity index (χ1n) is 6.60. The second-order valence-corrected chi connectivity index (χ2v) is 5.35. The third-order valence-electron chi connectivity index (χ3n) is 3.62. The van der Waals surface area contributed by atoms with Gasteiger partial charge in [-0.2, -0.15) is 0 Å². The second kappa shape index (κ2) is 5.81. The van der Waals surface area contributed by atoms with E-state index in [4.69, 9.17) is 17.3 Å². The second-order valence-electron chi connectivity index (χ2n) is 4.94. The lowest BCUT2D eigenvalue weighted by Gasteiger charge is -2.27. The highest BCUT2D eigenvalue weighted by atomic mass is 35.5. The molecular weight excluding hydrogens is 246 g/mol. The van der Waals surface area contributed by atoms with Gasteiger partial charge in [0, 0.05) is 31.7 Å². The third kappa shape index (κ3) is 2.57. The fourth-order valence-electron chi connectivity index (χ4n) is 2.64. The Labute approximate surface area is 115 Å². The summed E-state index contributed by atoms with van der Waals surface area (Å²) in [4.78, 5) is 4.76. The van der Waals surface area contributed by atoms with Crippen molar-refractivity contribution in [1.82, 2.24) is 0 Å². The van der Waals surface area contributed by atoms with Gasteiger partial charge in [-0.25, -0.2) is 0 Å². The largest absolute Gasteiger partial charge is 0.373 e. The van der Waals surface area contributed by atoms with Gasteiger partial charge in [-0.3, -0.25) is 0 Å². The fraction of sp³-hybridized carbons (Fsp3) is 0.571. The first-order chi connectivity index (χ1) is 8.65. The number of nitrogens with zero attached hydrogens (tertiary/aromatic N) is 2. The Morgan fingerprint density at radius 1 is 1.33 bits per heavy atom. The van der Waals surface area contributed by atoms with Gasteiger partial charge < -0.3 is 15.5 Å². The zero-order valence-corrected chi connectivity index (χ0v) is 12.0. The molecule has 3 nitrogen and oxygen atoms in total. The van der Waals surface area contributed by atoms with E-state index in [2.05, 4.69) is 29.8 Å². The lowest BCUT2D eigenvalue weighted by atomic mass is 10.1. The standard InChI is InChI=1S/C14H22ClN3/c1-11-12(15)5-6-13-14(11)17(2)8-4-10-18(13)9-3-7-16/h5-6H,3-4,7-10,16H2,1-2H3. The first-order valence-corrected chi connectivity index (χ1v) is 6.98. The molecule has 0 fully saturated rings. The predicted molar refractivity (Wildman–Crippen MR) is 80.0 cm³/mol. The Balaban J connectivity index is 2.40. The van der Waals surface area contributed by atoms with Crippen molar-refractivity contribution < 1.29 is 0 Å². The molecule has 0 amide bonds. The molecular formula is C14H22ClN3. The highest BCUT2D eigenvalue weighted by Gasteiger charge is 2.20. The van der Waals surface area contributed by atoms with Gasteiger partial charge in [-0.1, -0.05) is 11.6 Å². The molecule has 18 heavy (non-hydrogen) atoms. The first kappa shape index (κ1) is 13.5. The molecule has 1 aromatic carbocycles. The van der Waals surface area contributed by atoms with Gasteiger partial charge in [0.2, 0.25) is 0 Å². The van der Waals surface area contributed by atoms with Gasteiger partial charge in [-0.15, -0.1) is 0 Å². The molecule has 0 atom stereocenters. The molecule has 0 saturated heterocycles. The van der Waals surface area contributed by atoms with Gasteiger partial charge in [0.25, 0.3) is 0 Å². The van der Waals surface area contributed by atoms with Crippen LogP contribution in [0.3, 0.4) is 0 Å². The zero-order valence-electron chi connectivity index (χ0n) is 11.2. The van der Waals surface area contributed by atoms with Crippen molar-refractivity contribution in [2.45, 2.75) is 19.8 Å². The van der Waals surface area contributed by atoms with Gasteiger partial charge >= 0.3 is 0 Å². The van der Waals surface area contributed by atoms with E-state index < -0.39 is 0 Å². The number of rotatable bonds is 3. The van der Waals surface area contributed by atoms with Crippen LogP contribution in [0.4, 0.5) is 11.4 Å². The van der Waals surface area contributed by atoms with Crippen molar-refractivity contribution in [3.8, 4) is 0 Å². The number of fused-ring (bicyclic) bond motifs is 1. The maximum absolute atomic E-state index is 6.25. The highest BCUT2D eigenvalue weighted by Crippen LogP contribution is 2.38. The van der Waals surface area contributed by atoms with Gasteiger partial charge in [0.05, 0.1) is 11.4 Å². The Hall–Kier alpha value is -0.930. The minimum atomic E-state index is 0.744. The summed E-state index contributed by atoms with van der Waals surface area (Å²) in [7, 11) is 2.15. The number of nitrogens with two attached hydrogens (primary N) is 1. The van der Waals surface area contributed by atoms with Crippen LogP contribution in [-0.2, 0) is 0 Å². The average Bonchev–Trinajstić information content (AvgIpc) is 2.51. The molecule has 100 valence electrons. The van der Waals surface area contributed by atoms with Crippen LogP contribution in [0.25, 0.3) is 0 Å². The van der Waals surface area contributed by atoms with E-state index in [-0.39, 0.29) is 0 Å². The molecule has 1 heterocycles. The fourth-order valence-corrected chi connectivity index (χ4v) is 2.80. The van der Waals surface area contributed by atoms with Crippen LogP contribution < -0.4 is 15.5 Å². The summed E-state index contributed by atoms with van der Waals surface area (Å²) in [6, 6.07) is 4.15. The van der Waals surface area contributed by atoms with E-state index >= 15 is 0 Å². The van der Waals surface area contributed by atoms with Crippen molar-refractivity contribution in [3.63, 3.8) is 0 Å². The lowest BCUT2D eigenvalue weighted by Crippen LogP contribution is -2.26. The molecule has 0 spiro atoms. The third-order valence-corrected chi connectivity index (χ3v) is 4.03. The van der Waals surface area contributed by atoms with E-state index in [1.807, 2.05) is 6.07 Å². The molecule has 0 aromatic heterocycles. The summed E-state index contributed by atoms with van der Waals surface area (Å²) in [5.41, 5.74) is 9.38. The van der Waals surface area contributed by atoms with E-state index in [9.17, 15) is 0 Å². The molecule has 2 rings (SSSR count). The molecule has 0 saturated carbocycles. The molecule has 1 aliphatic heterocycles. The number of benzene rings is 1. The Bertz CT molecular complexity index is 420. The average molecular weight is 268 g/mol. The van der Waals surface area contributed by atoms with Crippen LogP contribution in [0.15, 0.2) is 12.1 Å². The van der Waals surface area contributed by atoms with Crippen molar-refractivity contribution in [1.29, 1.82) is 0 Å². The highest BCUT2D eigenvalue weighted by molar-refractivity contribution is 6.32. The van der Waals surface area contributed by atoms with Crippen molar-refractivity contribution in [3.05, 3.63) is 22.7 Å². The summed E-state index contributed by atoms with van der Waals surface area (Å²) in [6.45, 7) is 6.04. The van der Waals surface area contributed by atoms with Crippen LogP contribution in [0.1, 0.15) is 18.4 Å². The Morgan fingerprint density at radius 3 is 2.83 bits per heavy atom. The van der Waals surface area contributed by atoms with Crippen LogP contribution in [0.2, 0.25) is 5.02 Å². The maximum atomic E-state index is 6.25. The smallest absolute Gasteiger partial charge is 0.0646 e. The Kier molecular flexibility index (Phi) is 4.36. The summed E-state index contributed by atoms with van der Waals surface area (Å²) < 4.78 is 0.